The van der Waals surface area contributed by atoms with Crippen LogP contribution in [0.3, 0.4) is 0 Å². The Bertz CT molecular complexity index is 1460. The molecule has 0 spiro atoms. The van der Waals surface area contributed by atoms with E-state index in [9.17, 15) is 26.3 Å². The standard InChI is InChI=1S/2C14H10F3N3O.Cu/c2*15-14(16,17)12-3-1-2-10(8-12)9-19-20-13(21)11-4-6-18-7-5-11;/h2*1-9H,(H,20,21);/q;;+2/p+2. The molecule has 8 nitrogen and oxygen atoms in total. The summed E-state index contributed by atoms with van der Waals surface area (Å²) < 4.78 is 75.2. The van der Waals surface area contributed by atoms with Crippen LogP contribution in [0.2, 0.25) is 0 Å². The number of halogens is 6. The van der Waals surface area contributed by atoms with E-state index in [2.05, 4.69) is 30.4 Å². The van der Waals surface area contributed by atoms with Gasteiger partial charge >= 0.3 is 41.2 Å². The van der Waals surface area contributed by atoms with Crippen LogP contribution in [0.1, 0.15) is 33.4 Å². The average molecular weight is 652 g/mol. The van der Waals surface area contributed by atoms with Crippen molar-refractivity contribution in [3.63, 3.8) is 0 Å². The molecule has 0 bridgehead atoms. The van der Waals surface area contributed by atoms with Gasteiger partial charge in [0.25, 0.3) is 0 Å². The van der Waals surface area contributed by atoms with Crippen LogP contribution in [-0.4, -0.2) is 44.4 Å². The molecule has 2 aromatic carbocycles. The molecule has 2 aromatic heterocycles. The Kier molecular flexibility index (Phi) is 12.7. The van der Waals surface area contributed by atoms with Gasteiger partial charge in [-0.3, -0.25) is 9.97 Å². The Balaban J connectivity index is 0.000000293. The van der Waals surface area contributed by atoms with Gasteiger partial charge in [-0.2, -0.15) is 36.5 Å². The molecule has 15 heteroatoms. The second kappa shape index (κ2) is 15.9. The number of hydrogen-bond acceptors (Lipinski definition) is 6. The third kappa shape index (κ3) is 11.5. The summed E-state index contributed by atoms with van der Waals surface area (Å²) in [6.45, 7) is 0. The number of benzene rings is 2. The van der Waals surface area contributed by atoms with Gasteiger partial charge in [0, 0.05) is 24.8 Å². The monoisotopic (exact) mass is 651 g/mol. The van der Waals surface area contributed by atoms with Gasteiger partial charge < -0.3 is 10.2 Å². The van der Waals surface area contributed by atoms with E-state index in [1.807, 2.05) is 0 Å². The Hall–Kier alpha value is -4.88. The summed E-state index contributed by atoms with van der Waals surface area (Å²) in [6, 6.07) is 15.8. The molecule has 0 saturated carbocycles. The predicted molar refractivity (Wildman–Crippen MR) is 147 cm³/mol. The van der Waals surface area contributed by atoms with Crippen molar-refractivity contribution < 1.29 is 53.6 Å². The zero-order valence-electron chi connectivity index (χ0n) is 21.6. The molecule has 0 aliphatic rings. The van der Waals surface area contributed by atoms with Crippen LogP contribution in [0.25, 0.3) is 0 Å². The molecule has 0 amide bonds. The molecule has 0 aliphatic heterocycles. The number of hydrogen-bond donors (Lipinski definition) is 0. The van der Waals surface area contributed by atoms with Crippen molar-refractivity contribution in [1.82, 2.24) is 9.97 Å². The number of alkyl halides is 6. The van der Waals surface area contributed by atoms with Gasteiger partial charge in [0.15, 0.2) is 0 Å². The summed E-state index contributed by atoms with van der Waals surface area (Å²) in [5.41, 5.74) is 0.0518. The quantitative estimate of drug-likeness (QED) is 0.0710. The molecule has 2 heterocycles. The van der Waals surface area contributed by atoms with Gasteiger partial charge in [-0.15, -0.1) is 0 Å². The van der Waals surface area contributed by atoms with E-state index < -0.39 is 23.5 Å². The summed E-state index contributed by atoms with van der Waals surface area (Å²) in [6.07, 6.45) is -0.414. The molecular weight excluding hydrogens is 630 g/mol. The molecule has 225 valence electrons. The molecule has 4 rings (SSSR count). The maximum Gasteiger partial charge on any atom is 2.00 e. The summed E-state index contributed by atoms with van der Waals surface area (Å²) >= 11 is 0. The van der Waals surface area contributed by atoms with Crippen molar-refractivity contribution in [1.29, 1.82) is 0 Å². The van der Waals surface area contributed by atoms with E-state index in [0.29, 0.717) is 11.1 Å². The number of rotatable bonds is 6. The van der Waals surface area contributed by atoms with E-state index in [1.54, 1.807) is 24.3 Å². The molecule has 0 aliphatic carbocycles. The minimum atomic E-state index is -4.40. The summed E-state index contributed by atoms with van der Waals surface area (Å²) in [4.78, 5) is 7.61. The fraction of sp³-hybridized carbons (Fsp3) is 0.0714. The van der Waals surface area contributed by atoms with Crippen LogP contribution in [0.5, 0.6) is 0 Å². The minimum absolute atomic E-state index is 0. The topological polar surface area (TPSA) is 121 Å². The zero-order chi connectivity index (χ0) is 30.6. The van der Waals surface area contributed by atoms with Crippen LogP contribution >= 0.6 is 0 Å². The normalized spacial score (nSPS) is 12.5. The second-order valence-electron chi connectivity index (χ2n) is 8.10. The maximum atomic E-state index is 12.5. The summed E-state index contributed by atoms with van der Waals surface area (Å²) in [5.74, 6) is -0.193. The smallest absolute Gasteiger partial charge is 0.577 e. The minimum Gasteiger partial charge on any atom is -0.577 e. The van der Waals surface area contributed by atoms with Crippen molar-refractivity contribution in [2.45, 2.75) is 12.4 Å². The van der Waals surface area contributed by atoms with Crippen LogP contribution < -0.4 is 0 Å². The van der Waals surface area contributed by atoms with Gasteiger partial charge in [0.05, 0.1) is 34.7 Å². The molecule has 0 unspecified atom stereocenters. The summed E-state index contributed by atoms with van der Waals surface area (Å²) in [5, 5.41) is 29.8. The molecule has 0 saturated heterocycles. The van der Waals surface area contributed by atoms with Gasteiger partial charge in [-0.1, -0.05) is 34.5 Å². The number of nitrogens with zero attached hydrogens (tertiary/aromatic N) is 6. The van der Waals surface area contributed by atoms with Crippen LogP contribution in [0.15, 0.2) is 118 Å². The Morgan fingerprint density at radius 2 is 0.930 bits per heavy atom. The molecule has 0 fully saturated rings. The van der Waals surface area contributed by atoms with E-state index in [1.165, 1.54) is 61.5 Å². The van der Waals surface area contributed by atoms with Gasteiger partial charge in [0.2, 0.25) is 0 Å². The first-order valence-corrected chi connectivity index (χ1v) is 11.7. The van der Waals surface area contributed by atoms with Gasteiger partial charge in [-0.25, -0.2) is 0 Å². The summed E-state index contributed by atoms with van der Waals surface area (Å²) in [7, 11) is 0. The molecule has 0 atom stereocenters. The van der Waals surface area contributed by atoms with Crippen molar-refractivity contribution in [3.05, 3.63) is 131 Å². The second-order valence-corrected chi connectivity index (χ2v) is 8.10. The van der Waals surface area contributed by atoms with E-state index in [-0.39, 0.29) is 40.0 Å². The molecule has 1 radical (unpaired) electrons. The average Bonchev–Trinajstić information content (AvgIpc) is 2.98. The first-order valence-electron chi connectivity index (χ1n) is 11.7. The van der Waals surface area contributed by atoms with Crippen molar-refractivity contribution in [3.8, 4) is 0 Å². The fourth-order valence-electron chi connectivity index (χ4n) is 3.03. The first kappa shape index (κ1) is 34.3. The number of aromatic nitrogens is 2. The Morgan fingerprint density at radius 3 is 1.26 bits per heavy atom. The van der Waals surface area contributed by atoms with Crippen molar-refractivity contribution >= 4 is 24.2 Å². The molecular formula is C28H22CuF6N6O2+4. The van der Waals surface area contributed by atoms with E-state index in [4.69, 9.17) is 10.2 Å². The Labute approximate surface area is 251 Å². The maximum absolute atomic E-state index is 12.5. The Morgan fingerprint density at radius 1 is 0.581 bits per heavy atom. The van der Waals surface area contributed by atoms with Crippen molar-refractivity contribution in [2.24, 2.45) is 20.4 Å². The number of pyridine rings is 2. The molecule has 4 aromatic rings. The van der Waals surface area contributed by atoms with Crippen molar-refractivity contribution in [2.75, 3.05) is 0 Å². The van der Waals surface area contributed by atoms with Crippen LogP contribution in [0, 0.1) is 0 Å². The van der Waals surface area contributed by atoms with E-state index >= 15 is 0 Å². The van der Waals surface area contributed by atoms with Gasteiger partial charge in [0.1, 0.15) is 0 Å². The fourth-order valence-corrected chi connectivity index (χ4v) is 3.03. The van der Waals surface area contributed by atoms with Crippen LogP contribution in [0.4, 0.5) is 26.3 Å². The predicted octanol–water partition coefficient (Wildman–Crippen LogP) is 5.21. The van der Waals surface area contributed by atoms with Gasteiger partial charge in [-0.05, 0) is 59.7 Å². The SMILES string of the molecule is [Cu+2].[OH2+]C(=NN=Cc1cccc(C(F)(F)F)c1)c1ccncc1.[OH2+]C(=NN=Cc1cccc(C(F)(F)F)c1)c1ccncc1. The largest absolute Gasteiger partial charge is 2.00 e. The first-order chi connectivity index (χ1) is 19.9. The third-order valence-electron chi connectivity index (χ3n) is 5.06. The third-order valence-corrected chi connectivity index (χ3v) is 5.06. The van der Waals surface area contributed by atoms with Crippen LogP contribution in [-0.2, 0) is 29.4 Å². The molecule has 43 heavy (non-hydrogen) atoms. The molecule has 4 N–H and O–H groups in total. The zero-order valence-corrected chi connectivity index (χ0v) is 22.6. The van der Waals surface area contributed by atoms with E-state index in [0.717, 1.165) is 24.3 Å².